The molecule has 8 nitrogen and oxygen atoms in total. The molecule has 0 radical (unpaired) electrons. The summed E-state index contributed by atoms with van der Waals surface area (Å²) in [5.41, 5.74) is 6.97. The zero-order chi connectivity index (χ0) is 20.8. The predicted molar refractivity (Wildman–Crippen MR) is 103 cm³/mol. The van der Waals surface area contributed by atoms with Gasteiger partial charge in [-0.3, -0.25) is 14.9 Å². The van der Waals surface area contributed by atoms with Crippen LogP contribution in [0.25, 0.3) is 0 Å². The van der Waals surface area contributed by atoms with Gasteiger partial charge in [0.25, 0.3) is 5.69 Å². The number of nitrogens with two attached hydrogens (primary N) is 1. The molecule has 1 atom stereocenters. The molecule has 1 aromatic carbocycles. The summed E-state index contributed by atoms with van der Waals surface area (Å²) in [6.07, 6.45) is 0.810. The number of hydrogen-bond acceptors (Lipinski definition) is 7. The van der Waals surface area contributed by atoms with Gasteiger partial charge in [-0.25, -0.2) is 0 Å². The van der Waals surface area contributed by atoms with E-state index in [2.05, 4.69) is 0 Å². The van der Waals surface area contributed by atoms with Crippen molar-refractivity contribution in [1.82, 2.24) is 0 Å². The first-order chi connectivity index (χ1) is 13.1. The number of benzene rings is 1. The van der Waals surface area contributed by atoms with Crippen molar-refractivity contribution in [2.75, 3.05) is 19.0 Å². The molecule has 0 saturated carbocycles. The fourth-order valence-electron chi connectivity index (χ4n) is 3.86. The van der Waals surface area contributed by atoms with Crippen LogP contribution in [0, 0.1) is 26.9 Å². The summed E-state index contributed by atoms with van der Waals surface area (Å²) in [7, 11) is 3.42. The first-order valence-corrected chi connectivity index (χ1v) is 8.85. The van der Waals surface area contributed by atoms with Crippen molar-refractivity contribution < 1.29 is 14.5 Å². The lowest BCUT2D eigenvalue weighted by Gasteiger charge is -2.37. The second kappa shape index (κ2) is 6.68. The van der Waals surface area contributed by atoms with E-state index in [0.717, 1.165) is 0 Å². The van der Waals surface area contributed by atoms with Gasteiger partial charge >= 0.3 is 0 Å². The van der Waals surface area contributed by atoms with E-state index in [1.807, 2.05) is 19.9 Å². The van der Waals surface area contributed by atoms with Crippen LogP contribution in [0.5, 0.6) is 0 Å². The highest BCUT2D eigenvalue weighted by Gasteiger charge is 2.43. The number of rotatable bonds is 3. The van der Waals surface area contributed by atoms with Crippen LogP contribution < -0.4 is 10.6 Å². The summed E-state index contributed by atoms with van der Waals surface area (Å²) < 4.78 is 5.64. The van der Waals surface area contributed by atoms with E-state index in [1.165, 1.54) is 6.07 Å². The molecular formula is C20H22N4O4. The van der Waals surface area contributed by atoms with Crippen molar-refractivity contribution in [3.8, 4) is 6.07 Å². The van der Waals surface area contributed by atoms with Crippen LogP contribution in [0.3, 0.4) is 0 Å². The van der Waals surface area contributed by atoms with Crippen molar-refractivity contribution in [2.45, 2.75) is 32.6 Å². The maximum atomic E-state index is 12.9. The van der Waals surface area contributed by atoms with Crippen LogP contribution in [-0.4, -0.2) is 24.8 Å². The van der Waals surface area contributed by atoms with Crippen LogP contribution in [-0.2, 0) is 9.53 Å². The predicted octanol–water partition coefficient (Wildman–Crippen LogP) is 3.11. The summed E-state index contributed by atoms with van der Waals surface area (Å²) in [5, 5.41) is 21.2. The number of anilines is 1. The molecular weight excluding hydrogens is 360 g/mol. The van der Waals surface area contributed by atoms with Crippen molar-refractivity contribution in [3.63, 3.8) is 0 Å². The number of carbonyl (C=O) groups is 1. The molecule has 8 heteroatoms. The van der Waals surface area contributed by atoms with Gasteiger partial charge in [0.1, 0.15) is 23.1 Å². The molecule has 1 unspecified atom stereocenters. The summed E-state index contributed by atoms with van der Waals surface area (Å²) >= 11 is 0. The molecule has 0 bridgehead atoms. The van der Waals surface area contributed by atoms with E-state index < -0.39 is 10.8 Å². The molecule has 1 aliphatic carbocycles. The quantitative estimate of drug-likeness (QED) is 0.629. The summed E-state index contributed by atoms with van der Waals surface area (Å²) in [6.45, 7) is 3.92. The number of allylic oxidation sites excluding steroid dienone is 3. The van der Waals surface area contributed by atoms with Crippen LogP contribution in [0.15, 0.2) is 41.0 Å². The second-order valence-electron chi connectivity index (χ2n) is 8.10. The molecule has 2 aliphatic rings. The van der Waals surface area contributed by atoms with Gasteiger partial charge in [0.15, 0.2) is 5.78 Å². The minimum atomic E-state index is -0.771. The van der Waals surface area contributed by atoms with Crippen LogP contribution in [0.4, 0.5) is 11.4 Å². The number of carbonyl (C=O) groups excluding carboxylic acids is 1. The highest BCUT2D eigenvalue weighted by atomic mass is 16.6. The van der Waals surface area contributed by atoms with Gasteiger partial charge in [0.05, 0.1) is 10.8 Å². The lowest BCUT2D eigenvalue weighted by atomic mass is 9.70. The number of Topliss-reactive ketones (excluding diaryl/α,β-unsaturated/α-hetero) is 1. The van der Waals surface area contributed by atoms with E-state index in [9.17, 15) is 20.2 Å². The number of hydrogen-bond donors (Lipinski definition) is 1. The smallest absolute Gasteiger partial charge is 0.292 e. The van der Waals surface area contributed by atoms with Crippen molar-refractivity contribution >= 4 is 17.2 Å². The molecule has 0 fully saturated rings. The minimum Gasteiger partial charge on any atom is -0.444 e. The van der Waals surface area contributed by atoms with Crippen LogP contribution in [0.1, 0.15) is 38.2 Å². The van der Waals surface area contributed by atoms with Crippen molar-refractivity contribution in [2.24, 2.45) is 11.1 Å². The average Bonchev–Trinajstić information content (AvgIpc) is 2.58. The van der Waals surface area contributed by atoms with E-state index in [-0.39, 0.29) is 28.3 Å². The Balaban J connectivity index is 2.22. The topological polar surface area (TPSA) is 122 Å². The normalized spacial score (nSPS) is 21.0. The third-order valence-electron chi connectivity index (χ3n) is 5.09. The lowest BCUT2D eigenvalue weighted by molar-refractivity contribution is -0.384. The Morgan fingerprint density at radius 3 is 2.61 bits per heavy atom. The molecule has 1 aliphatic heterocycles. The molecule has 146 valence electrons. The van der Waals surface area contributed by atoms with Gasteiger partial charge in [-0.2, -0.15) is 5.26 Å². The first kappa shape index (κ1) is 19.4. The zero-order valence-electron chi connectivity index (χ0n) is 16.3. The molecule has 0 saturated heterocycles. The lowest BCUT2D eigenvalue weighted by Crippen LogP contribution is -2.33. The number of nitrogens with zero attached hydrogens (tertiary/aromatic N) is 3. The van der Waals surface area contributed by atoms with Crippen molar-refractivity contribution in [3.05, 3.63) is 56.7 Å². The Morgan fingerprint density at radius 2 is 2.04 bits per heavy atom. The number of ketones is 1. The third-order valence-corrected chi connectivity index (χ3v) is 5.09. The van der Waals surface area contributed by atoms with Crippen LogP contribution >= 0.6 is 0 Å². The standard InChI is InChI=1S/C20H22N4O4/c1-20(2)8-15(25)18-16(9-20)28-19(22)12(10-21)17(18)11-5-6-13(23(3)4)14(7-11)24(26)27/h5-7,17H,8-9,22H2,1-4H3. The van der Waals surface area contributed by atoms with E-state index in [4.69, 9.17) is 10.5 Å². The van der Waals surface area contributed by atoms with Gasteiger partial charge in [-0.15, -0.1) is 0 Å². The number of nitriles is 1. The molecule has 0 amide bonds. The average molecular weight is 382 g/mol. The fraction of sp³-hybridized carbons (Fsp3) is 0.400. The maximum Gasteiger partial charge on any atom is 0.292 e. The zero-order valence-corrected chi connectivity index (χ0v) is 16.3. The van der Waals surface area contributed by atoms with Crippen molar-refractivity contribution in [1.29, 1.82) is 5.26 Å². The Kier molecular flexibility index (Phi) is 4.63. The molecule has 1 aromatic rings. The minimum absolute atomic E-state index is 0.0592. The molecule has 1 heterocycles. The maximum absolute atomic E-state index is 12.9. The first-order valence-electron chi connectivity index (χ1n) is 8.85. The molecule has 3 rings (SSSR count). The Bertz CT molecular complexity index is 982. The van der Waals surface area contributed by atoms with Gasteiger partial charge in [-0.1, -0.05) is 19.9 Å². The second-order valence-corrected chi connectivity index (χ2v) is 8.10. The number of ether oxygens (including phenoxy) is 1. The Labute approximate surface area is 163 Å². The van der Waals surface area contributed by atoms with Gasteiger partial charge < -0.3 is 15.4 Å². The number of nitro benzene ring substituents is 1. The Hall–Kier alpha value is -3.34. The molecule has 28 heavy (non-hydrogen) atoms. The monoisotopic (exact) mass is 382 g/mol. The summed E-state index contributed by atoms with van der Waals surface area (Å²) in [4.78, 5) is 25.7. The van der Waals surface area contributed by atoms with Gasteiger partial charge in [0, 0.05) is 38.6 Å². The van der Waals surface area contributed by atoms with E-state index in [1.54, 1.807) is 31.1 Å². The Morgan fingerprint density at radius 1 is 1.36 bits per heavy atom. The third kappa shape index (κ3) is 3.20. The number of nitro groups is 1. The SMILES string of the molecule is CN(C)c1ccc(C2C(C#N)=C(N)OC3=C2C(=O)CC(C)(C)C3)cc1[N+](=O)[O-]. The molecule has 0 aromatic heterocycles. The highest BCUT2D eigenvalue weighted by Crippen LogP contribution is 2.48. The summed E-state index contributed by atoms with van der Waals surface area (Å²) in [5.74, 6) is -0.513. The highest BCUT2D eigenvalue weighted by molar-refractivity contribution is 6.00. The van der Waals surface area contributed by atoms with Crippen LogP contribution in [0.2, 0.25) is 0 Å². The van der Waals surface area contributed by atoms with Gasteiger partial charge in [-0.05, 0) is 17.0 Å². The molecule has 2 N–H and O–H groups in total. The van der Waals surface area contributed by atoms with E-state index in [0.29, 0.717) is 35.4 Å². The largest absolute Gasteiger partial charge is 0.444 e. The summed E-state index contributed by atoms with van der Waals surface area (Å²) in [6, 6.07) is 6.75. The fourth-order valence-corrected chi connectivity index (χ4v) is 3.86. The molecule has 0 spiro atoms. The van der Waals surface area contributed by atoms with Gasteiger partial charge in [0.2, 0.25) is 5.88 Å². The van der Waals surface area contributed by atoms with E-state index >= 15 is 0 Å².